The zero-order valence-electron chi connectivity index (χ0n) is 19.5. The average molecular weight is 458 g/mol. The van der Waals surface area contributed by atoms with Gasteiger partial charge in [0.25, 0.3) is 0 Å². The number of hydrogen-bond donors (Lipinski definition) is 0. The summed E-state index contributed by atoms with van der Waals surface area (Å²) in [4.78, 5) is 19.2. The van der Waals surface area contributed by atoms with Gasteiger partial charge in [0.2, 0.25) is 20.9 Å². The fourth-order valence-corrected chi connectivity index (χ4v) is 5.92. The predicted molar refractivity (Wildman–Crippen MR) is 127 cm³/mol. The van der Waals surface area contributed by atoms with Gasteiger partial charge in [0, 0.05) is 19.0 Å². The molecule has 1 aliphatic rings. The minimum Gasteiger partial charge on any atom is -0.333 e. The van der Waals surface area contributed by atoms with Crippen LogP contribution < -0.4 is 0 Å². The molecule has 1 fully saturated rings. The molecule has 1 heterocycles. The van der Waals surface area contributed by atoms with Crippen LogP contribution in [0.25, 0.3) is 0 Å². The van der Waals surface area contributed by atoms with Gasteiger partial charge in [0.05, 0.1) is 24.2 Å². The Morgan fingerprint density at radius 3 is 2.66 bits per heavy atom. The van der Waals surface area contributed by atoms with Crippen molar-refractivity contribution in [2.45, 2.75) is 70.5 Å². The summed E-state index contributed by atoms with van der Waals surface area (Å²) in [6.45, 7) is 11.1. The van der Waals surface area contributed by atoms with Crippen LogP contribution in [0.3, 0.4) is 0 Å². The van der Waals surface area contributed by atoms with E-state index in [9.17, 15) is 13.2 Å². The van der Waals surface area contributed by atoms with Gasteiger partial charge in [-0.05, 0) is 31.2 Å². The molecule has 1 amide bonds. The van der Waals surface area contributed by atoms with Crippen molar-refractivity contribution in [3.8, 4) is 0 Å². The Labute approximate surface area is 192 Å². The summed E-state index contributed by atoms with van der Waals surface area (Å²) in [5.41, 5.74) is 2.51. The first kappa shape index (κ1) is 24.2. The molecule has 32 heavy (non-hydrogen) atoms. The van der Waals surface area contributed by atoms with Crippen molar-refractivity contribution >= 4 is 15.7 Å². The van der Waals surface area contributed by atoms with Crippen LogP contribution in [0, 0.1) is 18.8 Å². The maximum atomic E-state index is 13.3. The number of aryl methyl sites for hydroxylation is 1. The molecule has 1 saturated carbocycles. The van der Waals surface area contributed by atoms with Gasteiger partial charge >= 0.3 is 0 Å². The Kier molecular flexibility index (Phi) is 7.93. The number of aromatic nitrogens is 2. The smallest absolute Gasteiger partial charge is 0.228 e. The van der Waals surface area contributed by atoms with E-state index in [1.807, 2.05) is 45.0 Å². The van der Waals surface area contributed by atoms with Gasteiger partial charge in [-0.2, -0.15) is 0 Å². The maximum absolute atomic E-state index is 13.3. The lowest BCUT2D eigenvalue weighted by Gasteiger charge is -2.25. The van der Waals surface area contributed by atoms with Gasteiger partial charge < -0.3 is 9.47 Å². The number of amides is 1. The van der Waals surface area contributed by atoms with Gasteiger partial charge in [0.15, 0.2) is 0 Å². The van der Waals surface area contributed by atoms with Crippen molar-refractivity contribution in [1.82, 2.24) is 14.5 Å². The van der Waals surface area contributed by atoms with E-state index in [2.05, 4.69) is 11.6 Å². The second-order valence-corrected chi connectivity index (χ2v) is 11.2. The summed E-state index contributed by atoms with van der Waals surface area (Å²) in [5, 5.41) is 0.0783. The number of benzene rings is 1. The van der Waals surface area contributed by atoms with Crippen molar-refractivity contribution in [3.63, 3.8) is 0 Å². The second-order valence-electron chi connectivity index (χ2n) is 9.27. The maximum Gasteiger partial charge on any atom is 0.228 e. The molecule has 0 atom stereocenters. The monoisotopic (exact) mass is 457 g/mol. The average Bonchev–Trinajstić information content (AvgIpc) is 3.37. The van der Waals surface area contributed by atoms with E-state index in [1.54, 1.807) is 21.7 Å². The molecule has 1 aromatic heterocycles. The highest BCUT2D eigenvalue weighted by atomic mass is 32.2. The number of rotatable bonds is 10. The third kappa shape index (κ3) is 5.88. The third-order valence-electron chi connectivity index (χ3n) is 5.89. The van der Waals surface area contributed by atoms with Crippen molar-refractivity contribution < 1.29 is 13.2 Å². The summed E-state index contributed by atoms with van der Waals surface area (Å²) < 4.78 is 28.4. The number of hydrogen-bond acceptors (Lipinski definition) is 4. The molecule has 0 radical (unpaired) electrons. The number of carbonyl (C=O) groups is 1. The van der Waals surface area contributed by atoms with Crippen LogP contribution in [0.5, 0.6) is 0 Å². The van der Waals surface area contributed by atoms with Crippen molar-refractivity contribution in [3.05, 3.63) is 59.9 Å². The minimum absolute atomic E-state index is 0.0564. The molecule has 0 N–H and O–H groups in total. The van der Waals surface area contributed by atoms with E-state index in [0.717, 1.165) is 42.5 Å². The van der Waals surface area contributed by atoms with Gasteiger partial charge in [-0.15, -0.1) is 6.58 Å². The third-order valence-corrected chi connectivity index (χ3v) is 7.48. The lowest BCUT2D eigenvalue weighted by Crippen LogP contribution is -2.35. The van der Waals surface area contributed by atoms with E-state index in [-0.39, 0.29) is 28.7 Å². The molecule has 0 saturated heterocycles. The summed E-state index contributed by atoms with van der Waals surface area (Å²) in [5.74, 6) is 0.319. The molecule has 3 rings (SSSR count). The molecule has 174 valence electrons. The molecule has 7 heteroatoms. The molecule has 0 bridgehead atoms. The molecule has 0 spiro atoms. The summed E-state index contributed by atoms with van der Waals surface area (Å²) in [6, 6.07) is 7.53. The predicted octanol–water partition coefficient (Wildman–Crippen LogP) is 4.53. The van der Waals surface area contributed by atoms with Gasteiger partial charge in [-0.3, -0.25) is 4.79 Å². The summed E-state index contributed by atoms with van der Waals surface area (Å²) >= 11 is 0. The van der Waals surface area contributed by atoms with Crippen LogP contribution in [0.1, 0.15) is 56.4 Å². The molecule has 0 aliphatic heterocycles. The normalized spacial score (nSPS) is 14.8. The Hall–Kier alpha value is -2.41. The summed E-state index contributed by atoms with van der Waals surface area (Å²) in [6.07, 6.45) is 7.37. The Bertz CT molecular complexity index is 1050. The molecular formula is C25H35N3O3S. The van der Waals surface area contributed by atoms with Crippen molar-refractivity contribution in [2.24, 2.45) is 11.8 Å². The SMILES string of the molecule is C=CCN(Cc1cnc(S(=O)(=O)Cc2cccc(C)c2)n1CC(C)C)C(=O)C1CCCC1. The lowest BCUT2D eigenvalue weighted by molar-refractivity contribution is -0.135. The van der Waals surface area contributed by atoms with Gasteiger partial charge in [-0.1, -0.05) is 62.6 Å². The first-order valence-corrected chi connectivity index (χ1v) is 13.1. The van der Waals surface area contributed by atoms with Crippen molar-refractivity contribution in [2.75, 3.05) is 6.54 Å². The Balaban J connectivity index is 1.91. The summed E-state index contributed by atoms with van der Waals surface area (Å²) in [7, 11) is -3.64. The fraction of sp³-hybridized carbons (Fsp3) is 0.520. The standard InChI is InChI=1S/C25H35N3O3S/c1-5-13-27(24(29)22-11-6-7-12-22)17-23-15-26-25(28(23)16-19(2)3)32(30,31)18-21-10-8-9-20(4)14-21/h5,8-10,14-15,19,22H,1,6-7,11-13,16-18H2,2-4H3. The fourth-order valence-electron chi connectivity index (χ4n) is 4.43. The van der Waals surface area contributed by atoms with Crippen LogP contribution in [-0.4, -0.2) is 35.3 Å². The zero-order valence-corrected chi connectivity index (χ0v) is 20.3. The topological polar surface area (TPSA) is 72.3 Å². The number of imidazole rings is 1. The largest absolute Gasteiger partial charge is 0.333 e. The highest BCUT2D eigenvalue weighted by Crippen LogP contribution is 2.28. The Morgan fingerprint density at radius 1 is 1.31 bits per heavy atom. The highest BCUT2D eigenvalue weighted by Gasteiger charge is 2.29. The number of sulfone groups is 1. The number of carbonyl (C=O) groups excluding carboxylic acids is 1. The quantitative estimate of drug-likeness (QED) is 0.492. The van der Waals surface area contributed by atoms with E-state index < -0.39 is 9.84 Å². The van der Waals surface area contributed by atoms with Gasteiger partial charge in [0.1, 0.15) is 0 Å². The molecule has 1 aliphatic carbocycles. The first-order valence-electron chi connectivity index (χ1n) is 11.4. The minimum atomic E-state index is -3.64. The van der Waals surface area contributed by atoms with E-state index in [0.29, 0.717) is 19.6 Å². The van der Waals surface area contributed by atoms with E-state index in [1.165, 1.54) is 0 Å². The van der Waals surface area contributed by atoms with E-state index >= 15 is 0 Å². The second kappa shape index (κ2) is 10.5. The lowest BCUT2D eigenvalue weighted by atomic mass is 10.1. The zero-order chi connectivity index (χ0) is 23.3. The van der Waals surface area contributed by atoms with Crippen LogP contribution >= 0.6 is 0 Å². The van der Waals surface area contributed by atoms with Crippen LogP contribution in [0.4, 0.5) is 0 Å². The van der Waals surface area contributed by atoms with Gasteiger partial charge in [-0.25, -0.2) is 13.4 Å². The first-order chi connectivity index (χ1) is 15.2. The van der Waals surface area contributed by atoms with E-state index in [4.69, 9.17) is 0 Å². The molecule has 6 nitrogen and oxygen atoms in total. The van der Waals surface area contributed by atoms with Crippen LogP contribution in [0.15, 0.2) is 48.3 Å². The van der Waals surface area contributed by atoms with Crippen molar-refractivity contribution in [1.29, 1.82) is 0 Å². The molecule has 2 aromatic rings. The highest BCUT2D eigenvalue weighted by molar-refractivity contribution is 7.90. The van der Waals surface area contributed by atoms with Crippen LogP contribution in [0.2, 0.25) is 0 Å². The number of nitrogens with zero attached hydrogens (tertiary/aromatic N) is 3. The molecular weight excluding hydrogens is 422 g/mol. The molecule has 0 unspecified atom stereocenters. The Morgan fingerprint density at radius 2 is 2.03 bits per heavy atom. The van der Waals surface area contributed by atoms with Crippen LogP contribution in [-0.2, 0) is 33.5 Å². The molecule has 1 aromatic carbocycles.